The lowest BCUT2D eigenvalue weighted by atomic mass is 9.97. The number of ketones is 1. The number of nitro groups is 1. The molecule has 0 aliphatic carbocycles. The van der Waals surface area contributed by atoms with Crippen LogP contribution in [0.3, 0.4) is 0 Å². The van der Waals surface area contributed by atoms with Crippen molar-refractivity contribution in [1.29, 1.82) is 0 Å². The van der Waals surface area contributed by atoms with Gasteiger partial charge in [-0.25, -0.2) is 4.98 Å². The second-order valence-corrected chi connectivity index (χ2v) is 9.04. The molecule has 1 atom stereocenters. The fourth-order valence-electron chi connectivity index (χ4n) is 3.84. The molecule has 0 saturated carbocycles. The van der Waals surface area contributed by atoms with E-state index in [0.717, 1.165) is 38.0 Å². The van der Waals surface area contributed by atoms with Crippen molar-refractivity contribution in [2.24, 2.45) is 11.8 Å². The molecule has 1 aliphatic rings. The Morgan fingerprint density at radius 2 is 1.94 bits per heavy atom. The second-order valence-electron chi connectivity index (χ2n) is 9.04. The van der Waals surface area contributed by atoms with Crippen LogP contribution in [0.4, 0.5) is 11.5 Å². The minimum absolute atomic E-state index is 0.0782. The van der Waals surface area contributed by atoms with Gasteiger partial charge in [0.25, 0.3) is 0 Å². The Labute approximate surface area is 200 Å². The highest BCUT2D eigenvalue weighted by Gasteiger charge is 2.31. The standard InChI is InChI=1S/C25H34N4O5/c1-4-18(2)15-33-16-21-11-13-28(14-12-21)24-23(29(31)32)25(27-17-26-24)34-22-9-7-20(8-10-22)6-5-19(3)30/h7-10,17-18,21H,4-6,11-16H2,1-3H3. The van der Waals surface area contributed by atoms with Gasteiger partial charge >= 0.3 is 11.6 Å². The van der Waals surface area contributed by atoms with Crippen molar-refractivity contribution in [3.63, 3.8) is 0 Å². The highest BCUT2D eigenvalue weighted by molar-refractivity contribution is 5.75. The molecule has 1 unspecified atom stereocenters. The average molecular weight is 471 g/mol. The number of benzene rings is 1. The van der Waals surface area contributed by atoms with Crippen molar-refractivity contribution < 1.29 is 19.2 Å². The Morgan fingerprint density at radius 1 is 1.24 bits per heavy atom. The zero-order valence-corrected chi connectivity index (χ0v) is 20.2. The van der Waals surface area contributed by atoms with Crippen LogP contribution in [0, 0.1) is 22.0 Å². The zero-order chi connectivity index (χ0) is 24.5. The first kappa shape index (κ1) is 25.6. The summed E-state index contributed by atoms with van der Waals surface area (Å²) in [6, 6.07) is 7.15. The average Bonchev–Trinajstić information content (AvgIpc) is 2.83. The largest absolute Gasteiger partial charge is 0.434 e. The smallest absolute Gasteiger partial charge is 0.373 e. The van der Waals surface area contributed by atoms with Crippen LogP contribution >= 0.6 is 0 Å². The molecule has 0 amide bonds. The first-order valence-corrected chi connectivity index (χ1v) is 12.0. The van der Waals surface area contributed by atoms with Gasteiger partial charge in [-0.1, -0.05) is 32.4 Å². The molecule has 9 nitrogen and oxygen atoms in total. The summed E-state index contributed by atoms with van der Waals surface area (Å²) in [4.78, 5) is 32.9. The first-order valence-electron chi connectivity index (χ1n) is 12.0. The molecule has 1 fully saturated rings. The molecule has 9 heteroatoms. The van der Waals surface area contributed by atoms with E-state index in [2.05, 4.69) is 23.8 Å². The first-order chi connectivity index (χ1) is 16.4. The van der Waals surface area contributed by atoms with Gasteiger partial charge in [0.2, 0.25) is 5.82 Å². The number of carbonyl (C=O) groups excluding carboxylic acids is 1. The van der Waals surface area contributed by atoms with Crippen LogP contribution < -0.4 is 9.64 Å². The maximum Gasteiger partial charge on any atom is 0.373 e. The van der Waals surface area contributed by atoms with Gasteiger partial charge in [-0.05, 0) is 55.7 Å². The summed E-state index contributed by atoms with van der Waals surface area (Å²) in [5.41, 5.74) is 0.769. The number of aryl methyl sites for hydroxylation is 1. The van der Waals surface area contributed by atoms with Gasteiger partial charge in [0.15, 0.2) is 0 Å². The third-order valence-corrected chi connectivity index (χ3v) is 6.22. The molecular formula is C25H34N4O5. The molecule has 1 aromatic carbocycles. The van der Waals surface area contributed by atoms with Crippen LogP contribution in [0.2, 0.25) is 0 Å². The van der Waals surface area contributed by atoms with Crippen LogP contribution in [0.15, 0.2) is 30.6 Å². The molecule has 34 heavy (non-hydrogen) atoms. The van der Waals surface area contributed by atoms with Crippen LogP contribution in [0.1, 0.15) is 52.0 Å². The predicted octanol–water partition coefficient (Wildman–Crippen LogP) is 4.98. The van der Waals surface area contributed by atoms with E-state index < -0.39 is 4.92 Å². The molecule has 2 heterocycles. The zero-order valence-electron chi connectivity index (χ0n) is 20.2. The van der Waals surface area contributed by atoms with Gasteiger partial charge in [0.05, 0.1) is 4.92 Å². The maximum atomic E-state index is 11.9. The third kappa shape index (κ3) is 7.21. The second kappa shape index (κ2) is 12.4. The summed E-state index contributed by atoms with van der Waals surface area (Å²) in [7, 11) is 0. The van der Waals surface area contributed by atoms with Crippen molar-refractivity contribution in [1.82, 2.24) is 9.97 Å². The minimum atomic E-state index is -0.479. The molecular weight excluding hydrogens is 436 g/mol. The summed E-state index contributed by atoms with van der Waals surface area (Å²) in [6.07, 6.45) is 5.30. The van der Waals surface area contributed by atoms with E-state index in [1.54, 1.807) is 19.1 Å². The van der Waals surface area contributed by atoms with E-state index in [1.165, 1.54) is 6.33 Å². The van der Waals surface area contributed by atoms with Crippen LogP contribution in [-0.2, 0) is 16.0 Å². The summed E-state index contributed by atoms with van der Waals surface area (Å²) in [6.45, 7) is 8.73. The molecule has 0 N–H and O–H groups in total. The van der Waals surface area contributed by atoms with Gasteiger partial charge in [0.1, 0.15) is 17.9 Å². The van der Waals surface area contributed by atoms with Crippen molar-refractivity contribution in [3.05, 3.63) is 46.3 Å². The van der Waals surface area contributed by atoms with E-state index in [9.17, 15) is 14.9 Å². The van der Waals surface area contributed by atoms with Crippen molar-refractivity contribution in [2.45, 2.75) is 52.9 Å². The van der Waals surface area contributed by atoms with E-state index in [0.29, 0.717) is 43.5 Å². The van der Waals surface area contributed by atoms with Gasteiger partial charge in [0, 0.05) is 32.7 Å². The number of hydrogen-bond donors (Lipinski definition) is 0. The molecule has 0 radical (unpaired) electrons. The fraction of sp³-hybridized carbons (Fsp3) is 0.560. The normalized spacial score (nSPS) is 15.2. The van der Waals surface area contributed by atoms with Crippen molar-refractivity contribution in [3.8, 4) is 11.6 Å². The Hall–Kier alpha value is -3.07. The molecule has 0 bridgehead atoms. The molecule has 3 rings (SSSR count). The predicted molar refractivity (Wildman–Crippen MR) is 129 cm³/mol. The van der Waals surface area contributed by atoms with Crippen LogP contribution in [0.5, 0.6) is 11.6 Å². The van der Waals surface area contributed by atoms with Crippen LogP contribution in [0.25, 0.3) is 0 Å². The number of hydrogen-bond acceptors (Lipinski definition) is 8. The summed E-state index contributed by atoms with van der Waals surface area (Å²) in [5, 5.41) is 11.9. The van der Waals surface area contributed by atoms with Gasteiger partial charge in [-0.15, -0.1) is 0 Å². The molecule has 2 aromatic rings. The topological polar surface area (TPSA) is 108 Å². The fourth-order valence-corrected chi connectivity index (χ4v) is 3.84. The minimum Gasteiger partial charge on any atom is -0.434 e. The molecule has 1 aliphatic heterocycles. The third-order valence-electron chi connectivity index (χ3n) is 6.22. The quantitative estimate of drug-likeness (QED) is 0.316. The number of piperidine rings is 1. The summed E-state index contributed by atoms with van der Waals surface area (Å²) in [5.74, 6) is 1.78. The number of carbonyl (C=O) groups is 1. The monoisotopic (exact) mass is 470 g/mol. The molecule has 184 valence electrons. The Balaban J connectivity index is 1.65. The van der Waals surface area contributed by atoms with E-state index >= 15 is 0 Å². The lowest BCUT2D eigenvalue weighted by Gasteiger charge is -2.32. The van der Waals surface area contributed by atoms with E-state index in [1.807, 2.05) is 17.0 Å². The van der Waals surface area contributed by atoms with Crippen molar-refractivity contribution in [2.75, 3.05) is 31.2 Å². The number of ether oxygens (including phenoxy) is 2. The number of aromatic nitrogens is 2. The Morgan fingerprint density at radius 3 is 2.56 bits per heavy atom. The summed E-state index contributed by atoms with van der Waals surface area (Å²) >= 11 is 0. The van der Waals surface area contributed by atoms with Gasteiger partial charge < -0.3 is 19.2 Å². The van der Waals surface area contributed by atoms with E-state index in [4.69, 9.17) is 9.47 Å². The highest BCUT2D eigenvalue weighted by Crippen LogP contribution is 2.37. The van der Waals surface area contributed by atoms with Crippen LogP contribution in [-0.4, -0.2) is 47.0 Å². The molecule has 1 aromatic heterocycles. The Kier molecular flexibility index (Phi) is 9.33. The van der Waals surface area contributed by atoms with E-state index in [-0.39, 0.29) is 23.2 Å². The Bertz CT molecular complexity index is 958. The molecule has 1 saturated heterocycles. The number of Topliss-reactive ketones (excluding diaryl/α,β-unsaturated/α-hetero) is 1. The van der Waals surface area contributed by atoms with Gasteiger partial charge in [-0.2, -0.15) is 4.98 Å². The van der Waals surface area contributed by atoms with Gasteiger partial charge in [-0.3, -0.25) is 10.1 Å². The summed E-state index contributed by atoms with van der Waals surface area (Å²) < 4.78 is 11.6. The lowest BCUT2D eigenvalue weighted by molar-refractivity contribution is -0.385. The van der Waals surface area contributed by atoms with Crippen molar-refractivity contribution >= 4 is 17.3 Å². The number of rotatable bonds is 12. The lowest BCUT2D eigenvalue weighted by Crippen LogP contribution is -2.36. The number of nitrogens with zero attached hydrogens (tertiary/aromatic N) is 4. The number of anilines is 1. The SMILES string of the molecule is CCC(C)COCC1CCN(c2ncnc(Oc3ccc(CCC(C)=O)cc3)c2[N+](=O)[O-])CC1. The maximum absolute atomic E-state index is 11.9. The highest BCUT2D eigenvalue weighted by atomic mass is 16.6. The molecule has 0 spiro atoms.